The molecule has 11 aromatic rings. The van der Waals surface area contributed by atoms with E-state index in [2.05, 4.69) is 239 Å². The van der Waals surface area contributed by atoms with Crippen LogP contribution in [0.2, 0.25) is 0 Å². The molecule has 0 unspecified atom stereocenters. The number of hydrogen-bond acceptors (Lipinski definition) is 5. The van der Waals surface area contributed by atoms with Crippen LogP contribution < -0.4 is 30.2 Å². The molecule has 0 atom stereocenters. The van der Waals surface area contributed by atoms with Crippen molar-refractivity contribution in [3.8, 4) is 22.6 Å². The van der Waals surface area contributed by atoms with E-state index in [1.165, 1.54) is 81.9 Å². The zero-order valence-electron chi connectivity index (χ0n) is 40.6. The lowest BCUT2D eigenvalue weighted by Crippen LogP contribution is -2.60. The Kier molecular flexibility index (Phi) is 8.19. The highest BCUT2D eigenvalue weighted by Gasteiger charge is 2.53. The number of nitrogens with zero attached hydrogens (tertiary/aromatic N) is 2. The zero-order chi connectivity index (χ0) is 47.7. The highest BCUT2D eigenvalue weighted by atomic mass is 32.1. The van der Waals surface area contributed by atoms with E-state index in [9.17, 15) is 0 Å². The lowest BCUT2D eigenvalue weighted by Gasteiger charge is -2.44. The van der Waals surface area contributed by atoms with Crippen molar-refractivity contribution in [3.05, 3.63) is 221 Å². The summed E-state index contributed by atoms with van der Waals surface area (Å²) in [6.07, 6.45) is 0. The Morgan fingerprint density at radius 3 is 1.85 bits per heavy atom. The molecule has 3 aliphatic heterocycles. The smallest absolute Gasteiger partial charge is 0.264 e. The molecule has 1 spiro atoms. The number of para-hydroxylation sites is 3. The van der Waals surface area contributed by atoms with E-state index in [1.807, 2.05) is 11.3 Å². The topological polar surface area (TPSA) is 28.9 Å². The van der Waals surface area contributed by atoms with E-state index < -0.39 is 5.41 Å². The number of benzene rings is 9. The van der Waals surface area contributed by atoms with Crippen LogP contribution in [-0.4, -0.2) is 6.71 Å². The van der Waals surface area contributed by atoms with E-state index in [4.69, 9.17) is 9.15 Å². The Hall–Kier alpha value is -7.80. The quantitative estimate of drug-likeness (QED) is 0.162. The third-order valence-electron chi connectivity index (χ3n) is 16.0. The molecule has 71 heavy (non-hydrogen) atoms. The summed E-state index contributed by atoms with van der Waals surface area (Å²) in [5.74, 6) is 1.78. The van der Waals surface area contributed by atoms with Crippen molar-refractivity contribution in [2.24, 2.45) is 0 Å². The summed E-state index contributed by atoms with van der Waals surface area (Å²) in [5, 5.41) is 3.51. The first-order chi connectivity index (χ1) is 34.5. The lowest BCUT2D eigenvalue weighted by atomic mass is 9.36. The molecule has 0 saturated heterocycles. The Labute approximate surface area is 418 Å². The van der Waals surface area contributed by atoms with Gasteiger partial charge in [-0.2, -0.15) is 0 Å². The largest absolute Gasteiger partial charge is 0.457 e. The third-order valence-corrected chi connectivity index (χ3v) is 17.3. The molecule has 1 aliphatic carbocycles. The Balaban J connectivity index is 1.09. The maximum Gasteiger partial charge on any atom is 0.264 e. The van der Waals surface area contributed by atoms with E-state index in [0.717, 1.165) is 55.9 Å². The third kappa shape index (κ3) is 5.46. The number of thiophene rings is 1. The fourth-order valence-electron chi connectivity index (χ4n) is 12.8. The van der Waals surface area contributed by atoms with Gasteiger partial charge >= 0.3 is 0 Å². The van der Waals surface area contributed by atoms with Gasteiger partial charge in [-0.25, -0.2) is 0 Å². The highest BCUT2D eigenvalue weighted by molar-refractivity contribution is 7.33. The summed E-state index contributed by atoms with van der Waals surface area (Å²) in [4.78, 5) is 5.17. The maximum atomic E-state index is 6.82. The van der Waals surface area contributed by atoms with Gasteiger partial charge in [-0.3, -0.25) is 0 Å². The minimum atomic E-state index is -0.636. The Morgan fingerprint density at radius 2 is 1.10 bits per heavy atom. The van der Waals surface area contributed by atoms with Crippen LogP contribution in [0.1, 0.15) is 74.9 Å². The average molecular weight is 933 g/mol. The van der Waals surface area contributed by atoms with Gasteiger partial charge in [-0.15, -0.1) is 11.3 Å². The van der Waals surface area contributed by atoms with Crippen molar-refractivity contribution < 1.29 is 9.15 Å². The van der Waals surface area contributed by atoms with Crippen molar-refractivity contribution >= 4 is 99.9 Å². The predicted molar refractivity (Wildman–Crippen MR) is 298 cm³/mol. The molecule has 15 rings (SSSR count). The second-order valence-corrected chi connectivity index (χ2v) is 23.1. The van der Waals surface area contributed by atoms with Crippen LogP contribution in [0.3, 0.4) is 0 Å². The van der Waals surface area contributed by atoms with Crippen molar-refractivity contribution in [1.82, 2.24) is 0 Å². The summed E-state index contributed by atoms with van der Waals surface area (Å²) < 4.78 is 16.2. The minimum Gasteiger partial charge on any atom is -0.457 e. The van der Waals surface area contributed by atoms with Gasteiger partial charge in [0, 0.05) is 54.1 Å². The highest BCUT2D eigenvalue weighted by Crippen LogP contribution is 2.63. The van der Waals surface area contributed by atoms with Crippen molar-refractivity contribution in [1.29, 1.82) is 0 Å². The van der Waals surface area contributed by atoms with E-state index >= 15 is 0 Å². The fraction of sp³-hybridized carbons (Fsp3) is 0.138. The van der Waals surface area contributed by atoms with Gasteiger partial charge in [-0.05, 0) is 128 Å². The lowest BCUT2D eigenvalue weighted by molar-refractivity contribution is 0.436. The molecule has 0 amide bonds. The van der Waals surface area contributed by atoms with Crippen LogP contribution in [0.15, 0.2) is 192 Å². The predicted octanol–water partition coefficient (Wildman–Crippen LogP) is 15.9. The van der Waals surface area contributed by atoms with Gasteiger partial charge in [0.15, 0.2) is 0 Å². The number of fused-ring (bicyclic) bond motifs is 18. The van der Waals surface area contributed by atoms with Crippen LogP contribution >= 0.6 is 11.3 Å². The second kappa shape index (κ2) is 14.2. The van der Waals surface area contributed by atoms with Crippen LogP contribution in [0.4, 0.5) is 34.1 Å². The van der Waals surface area contributed by atoms with Crippen LogP contribution in [-0.2, 0) is 16.2 Å². The van der Waals surface area contributed by atoms with E-state index in [0.29, 0.717) is 0 Å². The number of furan rings is 1. The number of hydrogen-bond donors (Lipinski definition) is 0. The summed E-state index contributed by atoms with van der Waals surface area (Å²) >= 11 is 1.96. The van der Waals surface area contributed by atoms with Gasteiger partial charge in [-0.1, -0.05) is 157 Å². The molecule has 6 heteroatoms. The van der Waals surface area contributed by atoms with Gasteiger partial charge in [0.25, 0.3) is 6.71 Å². The maximum absolute atomic E-state index is 6.82. The minimum absolute atomic E-state index is 0.0219. The van der Waals surface area contributed by atoms with Gasteiger partial charge in [0.1, 0.15) is 22.7 Å². The fourth-order valence-corrected chi connectivity index (χ4v) is 14.1. The molecule has 5 heterocycles. The Morgan fingerprint density at radius 1 is 0.479 bits per heavy atom. The molecule has 9 aromatic carbocycles. The molecule has 4 aliphatic rings. The summed E-state index contributed by atoms with van der Waals surface area (Å²) in [7, 11) is 0. The summed E-state index contributed by atoms with van der Waals surface area (Å²) in [6, 6.07) is 70.4. The van der Waals surface area contributed by atoms with Crippen LogP contribution in [0.25, 0.3) is 43.2 Å². The molecule has 0 radical (unpaired) electrons. The molecule has 0 saturated carbocycles. The Bertz CT molecular complexity index is 4050. The average Bonchev–Trinajstić information content (AvgIpc) is 4.05. The first kappa shape index (κ1) is 41.0. The molecule has 340 valence electrons. The van der Waals surface area contributed by atoms with E-state index in [-0.39, 0.29) is 17.5 Å². The SMILES string of the molecule is CC(C)(C)c1ccc(N2c3cccc4c3B(c3cc5c(cc3N4c3cccc4oc6ccccc6c34)C3(c4ccccc4Oc4ccccc43)c3ccccc3-5)c3sc4ccc(C(C)(C)C)cc4c32)cc1. The zero-order valence-corrected chi connectivity index (χ0v) is 41.4. The monoisotopic (exact) mass is 932 g/mol. The van der Waals surface area contributed by atoms with Crippen molar-refractivity contribution in [3.63, 3.8) is 0 Å². The number of anilines is 6. The summed E-state index contributed by atoms with van der Waals surface area (Å²) in [5.41, 5.74) is 20.8. The van der Waals surface area contributed by atoms with Crippen molar-refractivity contribution in [2.45, 2.75) is 57.8 Å². The number of ether oxygens (including phenoxy) is 1. The number of rotatable bonds is 2. The normalized spacial score (nSPS) is 14.8. The first-order valence-corrected chi connectivity index (χ1v) is 25.8. The first-order valence-electron chi connectivity index (χ1n) is 24.9. The van der Waals surface area contributed by atoms with Crippen LogP contribution in [0, 0.1) is 0 Å². The molecular formula is C65H49BN2O2S. The van der Waals surface area contributed by atoms with Gasteiger partial charge in [0.2, 0.25) is 0 Å². The summed E-state index contributed by atoms with van der Waals surface area (Å²) in [6.45, 7) is 13.8. The standard InChI is InChI=1S/C65H49BN2O2S/c1-63(2,3)38-29-32-40(33-30-38)67-51-23-15-24-52-60(51)66(62-61(67)44-35-39(64(4,5)6)31-34-58(44)71-62)49-36-43-41-17-7-9-19-45(41)65(46-20-10-13-26-55(46)70-56-27-14-11-21-47(56)65)48(43)37-53(49)68(52)50-22-16-28-57-59(50)42-18-8-12-25-54(42)69-57/h7-37H,1-6H3. The van der Waals surface area contributed by atoms with Crippen molar-refractivity contribution in [2.75, 3.05) is 9.80 Å². The molecular weight excluding hydrogens is 884 g/mol. The second-order valence-electron chi connectivity index (χ2n) is 22.0. The van der Waals surface area contributed by atoms with E-state index in [1.54, 1.807) is 0 Å². The van der Waals surface area contributed by atoms with Gasteiger partial charge in [0.05, 0.1) is 22.2 Å². The molecule has 0 N–H and O–H groups in total. The molecule has 0 fully saturated rings. The van der Waals surface area contributed by atoms with Crippen LogP contribution in [0.5, 0.6) is 11.5 Å². The molecule has 0 bridgehead atoms. The molecule has 2 aromatic heterocycles. The molecule has 4 nitrogen and oxygen atoms in total. The van der Waals surface area contributed by atoms with Gasteiger partial charge < -0.3 is 19.0 Å².